The number of halogens is 4. The van der Waals surface area contributed by atoms with E-state index in [1.807, 2.05) is 6.92 Å². The molecule has 1 nitrogen and oxygen atoms in total. The predicted molar refractivity (Wildman–Crippen MR) is 54.5 cm³/mol. The van der Waals surface area contributed by atoms with Crippen LogP contribution in [-0.4, -0.2) is 17.9 Å². The summed E-state index contributed by atoms with van der Waals surface area (Å²) in [6.07, 6.45) is -3.38. The molecular weight excluding hydrogens is 227 g/mol. The minimum Gasteiger partial charge on any atom is -0.264 e. The van der Waals surface area contributed by atoms with Crippen LogP contribution in [0.2, 0.25) is 0 Å². The lowest BCUT2D eigenvalue weighted by atomic mass is 10.2. The van der Waals surface area contributed by atoms with Crippen molar-refractivity contribution in [3.63, 3.8) is 0 Å². The van der Waals surface area contributed by atoms with Gasteiger partial charge < -0.3 is 0 Å². The monoisotopic (exact) mass is 235 g/mol. The van der Waals surface area contributed by atoms with E-state index in [1.165, 1.54) is 0 Å². The van der Waals surface area contributed by atoms with Crippen molar-refractivity contribution in [3.8, 4) is 0 Å². The summed E-state index contributed by atoms with van der Waals surface area (Å²) in [5.74, 6) is 0. The van der Waals surface area contributed by atoms with Crippen LogP contribution in [0.1, 0.15) is 11.1 Å². The summed E-state index contributed by atoms with van der Waals surface area (Å²) in [6, 6.07) is 6.94. The molecule has 15 heavy (non-hydrogen) atoms. The van der Waals surface area contributed by atoms with Gasteiger partial charge in [0.1, 0.15) is 0 Å². The van der Waals surface area contributed by atoms with Gasteiger partial charge in [0.05, 0.1) is 0 Å². The average Bonchev–Trinajstić information content (AvgIpc) is 2.15. The fourth-order valence-electron chi connectivity index (χ4n) is 0.889. The third kappa shape index (κ3) is 3.91. The normalized spacial score (nSPS) is 14.5. The van der Waals surface area contributed by atoms with E-state index in [9.17, 15) is 13.2 Å². The maximum atomic E-state index is 12.0. The van der Waals surface area contributed by atoms with Crippen LogP contribution in [0.5, 0.6) is 0 Å². The Morgan fingerprint density at radius 2 is 1.80 bits per heavy atom. The van der Waals surface area contributed by atoms with E-state index in [-0.39, 0.29) is 0 Å². The van der Waals surface area contributed by atoms with Crippen molar-refractivity contribution < 1.29 is 13.2 Å². The first-order chi connectivity index (χ1) is 6.89. The quantitative estimate of drug-likeness (QED) is 0.422. The number of benzene rings is 1. The van der Waals surface area contributed by atoms with E-state index in [0.717, 1.165) is 11.8 Å². The topological polar surface area (TPSA) is 12.4 Å². The molecule has 5 heteroatoms. The minimum atomic E-state index is -4.50. The minimum absolute atomic E-state index is 0.593. The van der Waals surface area contributed by atoms with E-state index < -0.39 is 11.7 Å². The van der Waals surface area contributed by atoms with E-state index in [4.69, 9.17) is 11.6 Å². The third-order valence-electron chi connectivity index (χ3n) is 1.70. The molecule has 0 aromatic heterocycles. The summed E-state index contributed by atoms with van der Waals surface area (Å²) in [6.45, 7) is 1.89. The SMILES string of the molecule is Cc1ccc(/C=N/C(Cl)C(F)(F)F)cc1. The van der Waals surface area contributed by atoms with Gasteiger partial charge in [0.15, 0.2) is 0 Å². The molecule has 0 aliphatic carbocycles. The summed E-state index contributed by atoms with van der Waals surface area (Å²) in [4.78, 5) is 3.21. The van der Waals surface area contributed by atoms with Crippen LogP contribution in [0.3, 0.4) is 0 Å². The standard InChI is InChI=1S/C10H9ClF3N/c1-7-2-4-8(5-3-7)6-15-9(11)10(12,13)14/h2-6,9H,1H3/b15-6+. The van der Waals surface area contributed by atoms with Gasteiger partial charge in [-0.05, 0) is 12.5 Å². The molecular formula is C10H9ClF3N. The molecule has 1 rings (SSSR count). The molecule has 0 radical (unpaired) electrons. The summed E-state index contributed by atoms with van der Waals surface area (Å²) >= 11 is 5.02. The summed E-state index contributed by atoms with van der Waals surface area (Å²) in [5.41, 5.74) is -0.556. The van der Waals surface area contributed by atoms with Crippen LogP contribution in [0.4, 0.5) is 13.2 Å². The Labute approximate surface area is 90.6 Å². The molecule has 1 unspecified atom stereocenters. The zero-order valence-corrected chi connectivity index (χ0v) is 8.68. The number of aliphatic imine (C=N–C) groups is 1. The first-order valence-corrected chi connectivity index (χ1v) is 4.64. The second-order valence-corrected chi connectivity index (χ2v) is 3.48. The molecule has 1 aromatic carbocycles. The second kappa shape index (κ2) is 4.66. The Morgan fingerprint density at radius 1 is 1.27 bits per heavy atom. The van der Waals surface area contributed by atoms with Crippen LogP contribution >= 0.6 is 11.6 Å². The zero-order chi connectivity index (χ0) is 11.5. The molecule has 0 N–H and O–H groups in total. The van der Waals surface area contributed by atoms with Gasteiger partial charge in [0, 0.05) is 6.21 Å². The molecule has 1 atom stereocenters. The number of hydrogen-bond donors (Lipinski definition) is 0. The Bertz CT molecular complexity index is 343. The van der Waals surface area contributed by atoms with Gasteiger partial charge in [-0.25, -0.2) is 0 Å². The lowest BCUT2D eigenvalue weighted by molar-refractivity contribution is -0.128. The van der Waals surface area contributed by atoms with Gasteiger partial charge in [0.25, 0.3) is 0 Å². The van der Waals surface area contributed by atoms with Crippen molar-refractivity contribution in [1.29, 1.82) is 0 Å². The van der Waals surface area contributed by atoms with Crippen LogP contribution in [0, 0.1) is 6.92 Å². The molecule has 0 amide bonds. The number of hydrogen-bond acceptors (Lipinski definition) is 1. The van der Waals surface area contributed by atoms with E-state index in [1.54, 1.807) is 24.3 Å². The zero-order valence-electron chi connectivity index (χ0n) is 7.92. The van der Waals surface area contributed by atoms with Crippen molar-refractivity contribution in [2.24, 2.45) is 4.99 Å². The highest BCUT2D eigenvalue weighted by atomic mass is 35.5. The maximum Gasteiger partial charge on any atom is 0.424 e. The third-order valence-corrected chi connectivity index (χ3v) is 2.06. The Balaban J connectivity index is 2.70. The fourth-order valence-corrected chi connectivity index (χ4v) is 0.945. The van der Waals surface area contributed by atoms with Crippen LogP contribution in [0.25, 0.3) is 0 Å². The highest BCUT2D eigenvalue weighted by Gasteiger charge is 2.37. The molecule has 0 bridgehead atoms. The van der Waals surface area contributed by atoms with Crippen molar-refractivity contribution in [1.82, 2.24) is 0 Å². The van der Waals surface area contributed by atoms with Gasteiger partial charge in [0.2, 0.25) is 5.50 Å². The number of alkyl halides is 4. The lowest BCUT2D eigenvalue weighted by Gasteiger charge is -2.07. The van der Waals surface area contributed by atoms with Crippen LogP contribution < -0.4 is 0 Å². The van der Waals surface area contributed by atoms with Crippen molar-refractivity contribution in [3.05, 3.63) is 35.4 Å². The summed E-state index contributed by atoms with van der Waals surface area (Å²) < 4.78 is 35.9. The molecule has 0 fully saturated rings. The van der Waals surface area contributed by atoms with Crippen LogP contribution in [0.15, 0.2) is 29.3 Å². The molecule has 0 aliphatic rings. The molecule has 82 valence electrons. The highest BCUT2D eigenvalue weighted by molar-refractivity contribution is 6.21. The number of aryl methyl sites for hydroxylation is 1. The van der Waals surface area contributed by atoms with E-state index in [2.05, 4.69) is 4.99 Å². The number of nitrogens with zero attached hydrogens (tertiary/aromatic N) is 1. The Kier molecular flexibility index (Phi) is 3.74. The maximum absolute atomic E-state index is 12.0. The second-order valence-electron chi connectivity index (χ2n) is 3.07. The molecule has 0 aliphatic heterocycles. The van der Waals surface area contributed by atoms with E-state index in [0.29, 0.717) is 5.56 Å². The molecule has 1 aromatic rings. The van der Waals surface area contributed by atoms with Crippen molar-refractivity contribution in [2.75, 3.05) is 0 Å². The summed E-state index contributed by atoms with van der Waals surface area (Å²) in [5, 5.41) is 0. The van der Waals surface area contributed by atoms with Crippen molar-refractivity contribution in [2.45, 2.75) is 18.6 Å². The lowest BCUT2D eigenvalue weighted by Crippen LogP contribution is -2.21. The highest BCUT2D eigenvalue weighted by Crippen LogP contribution is 2.25. The molecule has 0 saturated carbocycles. The van der Waals surface area contributed by atoms with E-state index >= 15 is 0 Å². The van der Waals surface area contributed by atoms with Gasteiger partial charge >= 0.3 is 6.18 Å². The van der Waals surface area contributed by atoms with Gasteiger partial charge in [-0.3, -0.25) is 4.99 Å². The smallest absolute Gasteiger partial charge is 0.264 e. The Hall–Kier alpha value is -1.03. The first kappa shape index (κ1) is 12.0. The predicted octanol–water partition coefficient (Wildman–Crippen LogP) is 3.54. The average molecular weight is 236 g/mol. The van der Waals surface area contributed by atoms with Crippen molar-refractivity contribution >= 4 is 17.8 Å². The number of rotatable bonds is 2. The molecule has 0 heterocycles. The van der Waals surface area contributed by atoms with Crippen LogP contribution in [-0.2, 0) is 0 Å². The van der Waals surface area contributed by atoms with Gasteiger partial charge in [-0.15, -0.1) is 0 Å². The largest absolute Gasteiger partial charge is 0.424 e. The molecule has 0 saturated heterocycles. The first-order valence-electron chi connectivity index (χ1n) is 4.20. The van der Waals surface area contributed by atoms with Gasteiger partial charge in [-0.2, -0.15) is 13.2 Å². The Morgan fingerprint density at radius 3 is 2.27 bits per heavy atom. The summed E-state index contributed by atoms with van der Waals surface area (Å²) in [7, 11) is 0. The van der Waals surface area contributed by atoms with Gasteiger partial charge in [-0.1, -0.05) is 41.4 Å². The fraction of sp³-hybridized carbons (Fsp3) is 0.300. The molecule has 0 spiro atoms.